The molecule has 0 N–H and O–H groups in total. The van der Waals surface area contributed by atoms with Gasteiger partial charge in [0.2, 0.25) is 5.75 Å². The summed E-state index contributed by atoms with van der Waals surface area (Å²) in [5.74, 6) is 1.98. The minimum absolute atomic E-state index is 0.0293. The number of benzene rings is 1. The van der Waals surface area contributed by atoms with Crippen LogP contribution in [-0.4, -0.2) is 35.5 Å². The van der Waals surface area contributed by atoms with Gasteiger partial charge in [-0.15, -0.1) is 0 Å². The standard InChI is InChI=1S/C18H26O6S/c1-6-9-25(19,20)24-15-10-12(2)7-8-13-14(15)11-16(21-3)18(23-5)17(13)22-4/h10-12H,6-9H2,1-5H3. The first-order valence-electron chi connectivity index (χ1n) is 8.33. The molecule has 0 heterocycles. The molecule has 1 aromatic rings. The molecular weight excluding hydrogens is 344 g/mol. The van der Waals surface area contributed by atoms with Crippen molar-refractivity contribution in [1.82, 2.24) is 0 Å². The van der Waals surface area contributed by atoms with E-state index < -0.39 is 10.1 Å². The highest BCUT2D eigenvalue weighted by Crippen LogP contribution is 2.46. The highest BCUT2D eigenvalue weighted by Gasteiger charge is 2.27. The predicted molar refractivity (Wildman–Crippen MR) is 96.7 cm³/mol. The molecule has 0 bridgehead atoms. The molecule has 0 saturated carbocycles. The third-order valence-electron chi connectivity index (χ3n) is 4.15. The zero-order chi connectivity index (χ0) is 18.6. The molecule has 7 heteroatoms. The Hall–Kier alpha value is -1.89. The van der Waals surface area contributed by atoms with E-state index in [2.05, 4.69) is 0 Å². The fourth-order valence-corrected chi connectivity index (χ4v) is 3.99. The van der Waals surface area contributed by atoms with E-state index in [4.69, 9.17) is 18.4 Å². The molecule has 1 unspecified atom stereocenters. The number of methoxy groups -OCH3 is 3. The molecule has 1 aliphatic carbocycles. The van der Waals surface area contributed by atoms with Gasteiger partial charge in [-0.2, -0.15) is 8.42 Å². The van der Waals surface area contributed by atoms with Gasteiger partial charge in [0.25, 0.3) is 0 Å². The minimum Gasteiger partial charge on any atom is -0.493 e. The highest BCUT2D eigenvalue weighted by molar-refractivity contribution is 7.86. The van der Waals surface area contributed by atoms with Crippen LogP contribution >= 0.6 is 0 Å². The Bertz CT molecular complexity index is 751. The van der Waals surface area contributed by atoms with E-state index >= 15 is 0 Å². The van der Waals surface area contributed by atoms with Gasteiger partial charge >= 0.3 is 10.1 Å². The summed E-state index contributed by atoms with van der Waals surface area (Å²) in [6.45, 7) is 3.83. The molecule has 1 atom stereocenters. The van der Waals surface area contributed by atoms with Crippen molar-refractivity contribution in [2.75, 3.05) is 27.1 Å². The van der Waals surface area contributed by atoms with Crippen LogP contribution in [-0.2, 0) is 20.7 Å². The van der Waals surface area contributed by atoms with Crippen LogP contribution in [0.4, 0.5) is 0 Å². The van der Waals surface area contributed by atoms with E-state index in [0.29, 0.717) is 35.0 Å². The van der Waals surface area contributed by atoms with Crippen molar-refractivity contribution in [2.24, 2.45) is 5.92 Å². The Morgan fingerprint density at radius 3 is 2.36 bits per heavy atom. The summed E-state index contributed by atoms with van der Waals surface area (Å²) in [5, 5.41) is 0. The molecule has 0 saturated heterocycles. The SMILES string of the molecule is CCCS(=O)(=O)OC1=CC(C)CCc2c1cc(OC)c(OC)c2OC. The van der Waals surface area contributed by atoms with E-state index in [1.807, 2.05) is 13.0 Å². The van der Waals surface area contributed by atoms with Crippen molar-refractivity contribution in [3.8, 4) is 17.2 Å². The maximum atomic E-state index is 12.2. The van der Waals surface area contributed by atoms with Crippen molar-refractivity contribution >= 4 is 15.9 Å². The molecule has 0 aliphatic heterocycles. The lowest BCUT2D eigenvalue weighted by Crippen LogP contribution is -2.11. The second-order valence-corrected chi connectivity index (χ2v) is 7.75. The lowest BCUT2D eigenvalue weighted by atomic mass is 9.99. The molecule has 0 spiro atoms. The second kappa shape index (κ2) is 7.99. The largest absolute Gasteiger partial charge is 0.493 e. The van der Waals surface area contributed by atoms with E-state index in [-0.39, 0.29) is 11.7 Å². The van der Waals surface area contributed by atoms with Crippen LogP contribution < -0.4 is 14.2 Å². The predicted octanol–water partition coefficient (Wildman–Crippen LogP) is 3.39. The smallest absolute Gasteiger partial charge is 0.309 e. The Balaban J connectivity index is 2.65. The van der Waals surface area contributed by atoms with Crippen molar-refractivity contribution in [3.63, 3.8) is 0 Å². The van der Waals surface area contributed by atoms with Crippen LogP contribution in [0.5, 0.6) is 17.2 Å². The molecule has 0 fully saturated rings. The molecule has 1 aromatic carbocycles. The van der Waals surface area contributed by atoms with Crippen LogP contribution in [0.2, 0.25) is 0 Å². The van der Waals surface area contributed by atoms with Crippen molar-refractivity contribution in [2.45, 2.75) is 33.1 Å². The first-order valence-corrected chi connectivity index (χ1v) is 9.90. The van der Waals surface area contributed by atoms with Gasteiger partial charge in [-0.1, -0.05) is 13.8 Å². The lowest BCUT2D eigenvalue weighted by molar-refractivity contribution is 0.321. The number of hydrogen-bond acceptors (Lipinski definition) is 6. The fourth-order valence-electron chi connectivity index (χ4n) is 2.99. The van der Waals surface area contributed by atoms with Crippen molar-refractivity contribution in [1.29, 1.82) is 0 Å². The summed E-state index contributed by atoms with van der Waals surface area (Å²) in [5.41, 5.74) is 1.53. The van der Waals surface area contributed by atoms with Crippen molar-refractivity contribution < 1.29 is 26.8 Å². The van der Waals surface area contributed by atoms with Gasteiger partial charge in [0, 0.05) is 11.1 Å². The molecule has 6 nitrogen and oxygen atoms in total. The lowest BCUT2D eigenvalue weighted by Gasteiger charge is -2.19. The average Bonchev–Trinajstić information content (AvgIpc) is 2.71. The normalized spacial score (nSPS) is 17.2. The van der Waals surface area contributed by atoms with Crippen molar-refractivity contribution in [3.05, 3.63) is 23.3 Å². The number of ether oxygens (including phenoxy) is 3. The summed E-state index contributed by atoms with van der Waals surface area (Å²) in [4.78, 5) is 0. The van der Waals surface area contributed by atoms with Crippen LogP contribution in [0.3, 0.4) is 0 Å². The van der Waals surface area contributed by atoms with Gasteiger partial charge in [-0.3, -0.25) is 0 Å². The fraction of sp³-hybridized carbons (Fsp3) is 0.556. The number of hydrogen-bond donors (Lipinski definition) is 0. The minimum atomic E-state index is -3.65. The Morgan fingerprint density at radius 1 is 1.12 bits per heavy atom. The Morgan fingerprint density at radius 2 is 1.80 bits per heavy atom. The van der Waals surface area contributed by atoms with Crippen LogP contribution in [0.25, 0.3) is 5.76 Å². The zero-order valence-corrected chi connectivity index (χ0v) is 16.2. The molecule has 0 aromatic heterocycles. The quantitative estimate of drug-likeness (QED) is 0.685. The van der Waals surface area contributed by atoms with E-state index in [0.717, 1.165) is 18.4 Å². The molecule has 2 rings (SSSR count). The van der Waals surface area contributed by atoms with Gasteiger partial charge in [0.1, 0.15) is 5.76 Å². The summed E-state index contributed by atoms with van der Waals surface area (Å²) < 4.78 is 46.3. The summed E-state index contributed by atoms with van der Waals surface area (Å²) in [7, 11) is 0.985. The number of rotatable bonds is 7. The maximum Gasteiger partial charge on any atom is 0.309 e. The topological polar surface area (TPSA) is 71.1 Å². The van der Waals surface area contributed by atoms with E-state index in [1.165, 1.54) is 7.11 Å². The number of allylic oxidation sites excluding steroid dienone is 1. The highest BCUT2D eigenvalue weighted by atomic mass is 32.2. The van der Waals surface area contributed by atoms with Gasteiger partial charge in [-0.25, -0.2) is 0 Å². The zero-order valence-electron chi connectivity index (χ0n) is 15.4. The monoisotopic (exact) mass is 370 g/mol. The van der Waals surface area contributed by atoms with Crippen LogP contribution in [0, 0.1) is 5.92 Å². The third kappa shape index (κ3) is 4.21. The third-order valence-corrected chi connectivity index (χ3v) is 5.50. The molecule has 1 aliphatic rings. The molecule has 25 heavy (non-hydrogen) atoms. The summed E-state index contributed by atoms with van der Waals surface area (Å²) in [6, 6.07) is 1.75. The second-order valence-electron chi connectivity index (χ2n) is 6.06. The van der Waals surface area contributed by atoms with E-state index in [1.54, 1.807) is 27.2 Å². The van der Waals surface area contributed by atoms with Crippen LogP contribution in [0.15, 0.2) is 12.1 Å². The first kappa shape index (κ1) is 19.4. The average molecular weight is 370 g/mol. The number of fused-ring (bicyclic) bond motifs is 1. The Labute approximate surface area is 149 Å². The molecule has 0 amide bonds. The molecular formula is C18H26O6S. The maximum absolute atomic E-state index is 12.2. The Kier molecular flexibility index (Phi) is 6.21. The van der Waals surface area contributed by atoms with Gasteiger partial charge in [-0.05, 0) is 37.3 Å². The van der Waals surface area contributed by atoms with E-state index in [9.17, 15) is 8.42 Å². The summed E-state index contributed by atoms with van der Waals surface area (Å²) in [6.07, 6.45) is 3.91. The van der Waals surface area contributed by atoms with Gasteiger partial charge in [0.05, 0.1) is 27.1 Å². The van der Waals surface area contributed by atoms with Crippen LogP contribution in [0.1, 0.15) is 37.8 Å². The van der Waals surface area contributed by atoms with Gasteiger partial charge < -0.3 is 18.4 Å². The molecule has 140 valence electrons. The summed E-state index contributed by atoms with van der Waals surface area (Å²) >= 11 is 0. The molecule has 0 radical (unpaired) electrons. The first-order chi connectivity index (χ1) is 11.9. The van der Waals surface area contributed by atoms with Gasteiger partial charge in [0.15, 0.2) is 11.5 Å².